The van der Waals surface area contributed by atoms with Gasteiger partial charge in [0.1, 0.15) is 11.6 Å². The molecule has 0 unspecified atom stereocenters. The zero-order valence-electron chi connectivity index (χ0n) is 15.6. The number of likely N-dealkylation sites (tertiary alicyclic amines) is 2. The highest BCUT2D eigenvalue weighted by atomic mass is 19.1. The average Bonchev–Trinajstić information content (AvgIpc) is 3.34. The summed E-state index contributed by atoms with van der Waals surface area (Å²) >= 11 is 0. The predicted molar refractivity (Wildman–Crippen MR) is 99.1 cm³/mol. The number of nitrogens with zero attached hydrogens (tertiary/aromatic N) is 2. The van der Waals surface area contributed by atoms with Crippen LogP contribution in [-0.4, -0.2) is 49.0 Å². The molecule has 0 aliphatic carbocycles. The number of hydrogen-bond donors (Lipinski definition) is 0. The van der Waals surface area contributed by atoms with Crippen molar-refractivity contribution < 1.29 is 18.3 Å². The summed E-state index contributed by atoms with van der Waals surface area (Å²) in [6.45, 7) is 3.89. The lowest BCUT2D eigenvalue weighted by molar-refractivity contribution is 0.0649. The van der Waals surface area contributed by atoms with Gasteiger partial charge in [0.25, 0.3) is 5.91 Å². The molecule has 1 aromatic carbocycles. The smallest absolute Gasteiger partial charge is 0.289 e. The van der Waals surface area contributed by atoms with Crippen LogP contribution >= 0.6 is 0 Å². The van der Waals surface area contributed by atoms with Gasteiger partial charge in [0.05, 0.1) is 13.4 Å². The maximum absolute atomic E-state index is 14.2. The van der Waals surface area contributed by atoms with Crippen molar-refractivity contribution in [2.45, 2.75) is 25.8 Å². The highest BCUT2D eigenvalue weighted by Gasteiger charge is 2.43. The van der Waals surface area contributed by atoms with Crippen LogP contribution in [0.1, 0.15) is 35.4 Å². The van der Waals surface area contributed by atoms with Crippen molar-refractivity contribution in [2.24, 2.45) is 5.41 Å². The summed E-state index contributed by atoms with van der Waals surface area (Å²) in [6.07, 6.45) is 4.68. The molecule has 1 amide bonds. The molecule has 2 aliphatic rings. The molecule has 27 heavy (non-hydrogen) atoms. The molecule has 144 valence electrons. The van der Waals surface area contributed by atoms with Gasteiger partial charge in [-0.3, -0.25) is 9.69 Å². The third-order valence-electron chi connectivity index (χ3n) is 5.84. The molecule has 0 radical (unpaired) electrons. The Balaban J connectivity index is 1.43. The SMILES string of the molecule is COc1ccc(F)c(CN2CCC[C@]3(CCN(C(=O)c4ccco4)C3)C2)c1. The number of rotatable bonds is 4. The van der Waals surface area contributed by atoms with Crippen LogP contribution in [0.3, 0.4) is 0 Å². The molecule has 0 saturated carbocycles. The molecular formula is C21H25FN2O3. The summed E-state index contributed by atoms with van der Waals surface area (Å²) in [4.78, 5) is 16.8. The van der Waals surface area contributed by atoms with E-state index >= 15 is 0 Å². The summed E-state index contributed by atoms with van der Waals surface area (Å²) in [6, 6.07) is 8.34. The summed E-state index contributed by atoms with van der Waals surface area (Å²) in [5, 5.41) is 0. The average molecular weight is 372 g/mol. The third-order valence-corrected chi connectivity index (χ3v) is 5.84. The minimum atomic E-state index is -0.198. The van der Waals surface area contributed by atoms with Crippen LogP contribution in [0.5, 0.6) is 5.75 Å². The van der Waals surface area contributed by atoms with E-state index < -0.39 is 0 Å². The van der Waals surface area contributed by atoms with Gasteiger partial charge in [0.15, 0.2) is 5.76 Å². The number of piperidine rings is 1. The first kappa shape index (κ1) is 18.0. The molecular weight excluding hydrogens is 347 g/mol. The van der Waals surface area contributed by atoms with Crippen molar-refractivity contribution in [3.63, 3.8) is 0 Å². The van der Waals surface area contributed by atoms with Crippen molar-refractivity contribution in [3.05, 3.63) is 53.7 Å². The van der Waals surface area contributed by atoms with Gasteiger partial charge in [-0.15, -0.1) is 0 Å². The molecule has 3 heterocycles. The molecule has 1 aromatic heterocycles. The van der Waals surface area contributed by atoms with Crippen LogP contribution in [0.4, 0.5) is 4.39 Å². The van der Waals surface area contributed by atoms with Crippen molar-refractivity contribution >= 4 is 5.91 Å². The van der Waals surface area contributed by atoms with E-state index in [9.17, 15) is 9.18 Å². The second-order valence-corrected chi connectivity index (χ2v) is 7.73. The Labute approximate surface area is 158 Å². The van der Waals surface area contributed by atoms with Gasteiger partial charge >= 0.3 is 0 Å². The Morgan fingerprint density at radius 1 is 1.26 bits per heavy atom. The van der Waals surface area contributed by atoms with Crippen molar-refractivity contribution in [1.82, 2.24) is 9.80 Å². The largest absolute Gasteiger partial charge is 0.497 e. The van der Waals surface area contributed by atoms with Gasteiger partial charge in [-0.2, -0.15) is 0 Å². The van der Waals surface area contributed by atoms with E-state index in [1.807, 2.05) is 4.90 Å². The van der Waals surface area contributed by atoms with E-state index in [4.69, 9.17) is 9.15 Å². The molecule has 6 heteroatoms. The number of hydrogen-bond acceptors (Lipinski definition) is 4. The van der Waals surface area contributed by atoms with Crippen molar-refractivity contribution in [1.29, 1.82) is 0 Å². The number of benzene rings is 1. The number of carbonyl (C=O) groups excluding carboxylic acids is 1. The molecule has 2 fully saturated rings. The fourth-order valence-electron chi connectivity index (χ4n) is 4.48. The Hall–Kier alpha value is -2.34. The van der Waals surface area contributed by atoms with Crippen LogP contribution in [0.15, 0.2) is 41.0 Å². The molecule has 0 bridgehead atoms. The van der Waals surface area contributed by atoms with Crippen molar-refractivity contribution in [2.75, 3.05) is 33.3 Å². The van der Waals surface area contributed by atoms with Gasteiger partial charge in [-0.25, -0.2) is 4.39 Å². The Bertz CT molecular complexity index is 808. The number of carbonyl (C=O) groups is 1. The molecule has 4 rings (SSSR count). The van der Waals surface area contributed by atoms with Crippen LogP contribution in [0.25, 0.3) is 0 Å². The minimum absolute atomic E-state index is 0.0344. The van der Waals surface area contributed by atoms with Gasteiger partial charge in [-0.05, 0) is 56.1 Å². The normalized spacial score (nSPS) is 23.1. The summed E-state index contributed by atoms with van der Waals surface area (Å²) in [5.41, 5.74) is 0.753. The summed E-state index contributed by atoms with van der Waals surface area (Å²) in [7, 11) is 1.59. The zero-order valence-corrected chi connectivity index (χ0v) is 15.6. The Morgan fingerprint density at radius 3 is 2.93 bits per heavy atom. The lowest BCUT2D eigenvalue weighted by atomic mass is 9.79. The van der Waals surface area contributed by atoms with Gasteiger partial charge in [0.2, 0.25) is 0 Å². The first-order valence-electron chi connectivity index (χ1n) is 9.46. The van der Waals surface area contributed by atoms with Crippen molar-refractivity contribution in [3.8, 4) is 5.75 Å². The fourth-order valence-corrected chi connectivity index (χ4v) is 4.48. The molecule has 5 nitrogen and oxygen atoms in total. The second kappa shape index (κ2) is 7.35. The van der Waals surface area contributed by atoms with E-state index in [-0.39, 0.29) is 17.1 Å². The molecule has 1 spiro atoms. The maximum Gasteiger partial charge on any atom is 0.289 e. The Morgan fingerprint density at radius 2 is 2.15 bits per heavy atom. The van der Waals surface area contributed by atoms with E-state index in [1.165, 1.54) is 12.3 Å². The third kappa shape index (κ3) is 3.72. The highest BCUT2D eigenvalue weighted by Crippen LogP contribution is 2.40. The van der Waals surface area contributed by atoms with Crippen LogP contribution in [-0.2, 0) is 6.54 Å². The van der Waals surface area contributed by atoms with E-state index in [1.54, 1.807) is 31.4 Å². The van der Waals surface area contributed by atoms with Gasteiger partial charge in [0, 0.05) is 37.2 Å². The zero-order chi connectivity index (χ0) is 18.9. The number of methoxy groups -OCH3 is 1. The molecule has 1 atom stereocenters. The molecule has 2 aliphatic heterocycles. The predicted octanol–water partition coefficient (Wildman–Crippen LogP) is 3.56. The number of furan rings is 1. The first-order valence-corrected chi connectivity index (χ1v) is 9.46. The maximum atomic E-state index is 14.2. The van der Waals surface area contributed by atoms with Gasteiger partial charge in [-0.1, -0.05) is 0 Å². The fraction of sp³-hybridized carbons (Fsp3) is 0.476. The van der Waals surface area contributed by atoms with Crippen LogP contribution in [0, 0.1) is 11.2 Å². The number of ether oxygens (including phenoxy) is 1. The monoisotopic (exact) mass is 372 g/mol. The number of amides is 1. The van der Waals surface area contributed by atoms with E-state index in [0.29, 0.717) is 23.6 Å². The number of halogens is 1. The minimum Gasteiger partial charge on any atom is -0.497 e. The summed E-state index contributed by atoms with van der Waals surface area (Å²) in [5.74, 6) is 0.844. The molecule has 2 aromatic rings. The van der Waals surface area contributed by atoms with Crippen LogP contribution < -0.4 is 4.74 Å². The summed E-state index contributed by atoms with van der Waals surface area (Å²) < 4.78 is 24.7. The lowest BCUT2D eigenvalue weighted by Gasteiger charge is -2.40. The lowest BCUT2D eigenvalue weighted by Crippen LogP contribution is -2.45. The quantitative estimate of drug-likeness (QED) is 0.823. The van der Waals surface area contributed by atoms with Gasteiger partial charge < -0.3 is 14.1 Å². The second-order valence-electron chi connectivity index (χ2n) is 7.73. The molecule has 2 saturated heterocycles. The molecule has 0 N–H and O–H groups in total. The van der Waals surface area contributed by atoms with E-state index in [2.05, 4.69) is 4.90 Å². The van der Waals surface area contributed by atoms with Crippen LogP contribution in [0.2, 0.25) is 0 Å². The Kier molecular flexibility index (Phi) is 4.91. The standard InChI is InChI=1S/C21H25FN2O3/c1-26-17-5-6-18(22)16(12-17)13-23-9-3-7-21(14-23)8-10-24(15-21)20(25)19-4-2-11-27-19/h2,4-6,11-12H,3,7-10,13-15H2,1H3/t21-/m0/s1. The first-order chi connectivity index (χ1) is 13.1. The highest BCUT2D eigenvalue weighted by molar-refractivity contribution is 5.91. The van der Waals surface area contributed by atoms with E-state index in [0.717, 1.165) is 45.4 Å². The topological polar surface area (TPSA) is 45.9 Å².